The Hall–Kier alpha value is -1.54. The minimum absolute atomic E-state index is 0.149. The summed E-state index contributed by atoms with van der Waals surface area (Å²) >= 11 is 0. The van der Waals surface area contributed by atoms with Crippen LogP contribution in [0.5, 0.6) is 5.75 Å². The predicted octanol–water partition coefficient (Wildman–Crippen LogP) is 2.44. The first-order chi connectivity index (χ1) is 9.30. The molecular formula is C17H17NO. The highest BCUT2D eigenvalue weighted by Gasteiger charge is 2.58. The number of piperidine rings is 1. The smallest absolute Gasteiger partial charge is 0.131 e. The molecule has 2 bridgehead atoms. The lowest BCUT2D eigenvalue weighted by Crippen LogP contribution is -2.57. The monoisotopic (exact) mass is 251 g/mol. The molecule has 5 rings (SSSR count). The standard InChI is InChI=1S/C17H17NO/c1-18-9-8-17-12-5-3-7-15(17)19-14-6-2-4-11(16(14)17)10-13(12)18/h2-7,13,15H,8-10H2,1H3/t13-,15?,17-/m1/s1. The van der Waals surface area contributed by atoms with Crippen molar-refractivity contribution in [2.75, 3.05) is 13.6 Å². The Morgan fingerprint density at radius 3 is 3.26 bits per heavy atom. The van der Waals surface area contributed by atoms with Crippen LogP contribution in [0.4, 0.5) is 0 Å². The van der Waals surface area contributed by atoms with Crippen molar-refractivity contribution < 1.29 is 4.74 Å². The Balaban J connectivity index is 1.88. The van der Waals surface area contributed by atoms with Gasteiger partial charge in [-0.3, -0.25) is 4.90 Å². The molecule has 0 aromatic heterocycles. The molecule has 3 atom stereocenters. The largest absolute Gasteiger partial charge is 0.485 e. The van der Waals surface area contributed by atoms with Crippen molar-refractivity contribution in [2.24, 2.45) is 0 Å². The van der Waals surface area contributed by atoms with Gasteiger partial charge >= 0.3 is 0 Å². The van der Waals surface area contributed by atoms with Gasteiger partial charge in [-0.1, -0.05) is 24.3 Å². The fraction of sp³-hybridized carbons (Fsp3) is 0.412. The van der Waals surface area contributed by atoms with Crippen LogP contribution in [0.25, 0.3) is 0 Å². The van der Waals surface area contributed by atoms with Crippen molar-refractivity contribution in [1.82, 2.24) is 4.90 Å². The lowest BCUT2D eigenvalue weighted by atomic mass is 9.58. The summed E-state index contributed by atoms with van der Waals surface area (Å²) in [5.41, 5.74) is 4.74. The van der Waals surface area contributed by atoms with Crippen LogP contribution in [0.1, 0.15) is 17.5 Å². The van der Waals surface area contributed by atoms with E-state index in [1.807, 2.05) is 0 Å². The van der Waals surface area contributed by atoms with Gasteiger partial charge in [-0.2, -0.15) is 0 Å². The van der Waals surface area contributed by atoms with Gasteiger partial charge in [-0.15, -0.1) is 0 Å². The number of ether oxygens (including phenoxy) is 1. The molecule has 1 aromatic carbocycles. The van der Waals surface area contributed by atoms with Gasteiger partial charge in [-0.05, 0) is 49.7 Å². The van der Waals surface area contributed by atoms with E-state index in [0.717, 1.165) is 12.2 Å². The van der Waals surface area contributed by atoms with Crippen molar-refractivity contribution in [3.63, 3.8) is 0 Å². The van der Waals surface area contributed by atoms with E-state index in [1.165, 1.54) is 24.1 Å². The Labute approximate surface area is 113 Å². The normalized spacial score (nSPS) is 37.6. The van der Waals surface area contributed by atoms with Crippen molar-refractivity contribution in [1.29, 1.82) is 0 Å². The summed E-state index contributed by atoms with van der Waals surface area (Å²) in [7, 11) is 2.26. The first-order valence-electron chi connectivity index (χ1n) is 7.19. The number of likely N-dealkylation sites (tertiary alicyclic amines) is 1. The molecule has 1 unspecified atom stereocenters. The molecule has 1 fully saturated rings. The van der Waals surface area contributed by atoms with Crippen LogP contribution < -0.4 is 4.74 Å². The summed E-state index contributed by atoms with van der Waals surface area (Å²) in [5.74, 6) is 1.13. The highest BCUT2D eigenvalue weighted by Crippen LogP contribution is 2.58. The van der Waals surface area contributed by atoms with Crippen LogP contribution >= 0.6 is 0 Å². The number of allylic oxidation sites excluding steroid dienone is 2. The molecule has 0 saturated carbocycles. The molecule has 1 aromatic rings. The minimum Gasteiger partial charge on any atom is -0.485 e. The van der Waals surface area contributed by atoms with E-state index in [4.69, 9.17) is 4.74 Å². The highest BCUT2D eigenvalue weighted by molar-refractivity contribution is 5.63. The second-order valence-electron chi connectivity index (χ2n) is 6.26. The van der Waals surface area contributed by atoms with E-state index in [-0.39, 0.29) is 11.5 Å². The molecular weight excluding hydrogens is 234 g/mol. The van der Waals surface area contributed by atoms with Gasteiger partial charge in [0.2, 0.25) is 0 Å². The lowest BCUT2D eigenvalue weighted by Gasteiger charge is -2.52. The second kappa shape index (κ2) is 3.13. The fourth-order valence-corrected chi connectivity index (χ4v) is 4.69. The predicted molar refractivity (Wildman–Crippen MR) is 74.5 cm³/mol. The molecule has 1 spiro atoms. The quantitative estimate of drug-likeness (QED) is 0.702. The number of hydrogen-bond acceptors (Lipinski definition) is 2. The van der Waals surface area contributed by atoms with Crippen molar-refractivity contribution in [3.8, 4) is 5.75 Å². The Morgan fingerprint density at radius 1 is 1.37 bits per heavy atom. The molecule has 0 N–H and O–H groups in total. The zero-order chi connectivity index (χ0) is 12.6. The maximum absolute atomic E-state index is 6.27. The van der Waals surface area contributed by atoms with E-state index < -0.39 is 0 Å². The first kappa shape index (κ1) is 10.3. The van der Waals surface area contributed by atoms with Gasteiger partial charge in [0, 0.05) is 11.6 Å². The van der Waals surface area contributed by atoms with E-state index in [9.17, 15) is 0 Å². The third-order valence-corrected chi connectivity index (χ3v) is 5.54. The van der Waals surface area contributed by atoms with Gasteiger partial charge in [-0.25, -0.2) is 0 Å². The van der Waals surface area contributed by atoms with Crippen LogP contribution in [-0.4, -0.2) is 30.6 Å². The van der Waals surface area contributed by atoms with Gasteiger partial charge in [0.05, 0.1) is 5.41 Å². The molecule has 19 heavy (non-hydrogen) atoms. The summed E-state index contributed by atoms with van der Waals surface area (Å²) in [4.78, 5) is 2.52. The Kier molecular flexibility index (Phi) is 1.69. The van der Waals surface area contributed by atoms with Crippen LogP contribution in [-0.2, 0) is 11.8 Å². The third-order valence-electron chi connectivity index (χ3n) is 5.54. The van der Waals surface area contributed by atoms with Gasteiger partial charge in [0.15, 0.2) is 0 Å². The summed E-state index contributed by atoms with van der Waals surface area (Å²) in [6.45, 7) is 1.17. The number of hydrogen-bond donors (Lipinski definition) is 0. The molecule has 2 aliphatic carbocycles. The fourth-order valence-electron chi connectivity index (χ4n) is 4.69. The highest BCUT2D eigenvalue weighted by atomic mass is 16.5. The second-order valence-corrected chi connectivity index (χ2v) is 6.26. The van der Waals surface area contributed by atoms with Gasteiger partial charge in [0.1, 0.15) is 11.9 Å². The summed E-state index contributed by atoms with van der Waals surface area (Å²) in [6, 6.07) is 7.16. The SMILES string of the molecule is CN1CC[C@@]23C4=CC=CC2Oc2cccc(c23)C[C@H]41. The zero-order valence-electron chi connectivity index (χ0n) is 11.1. The van der Waals surface area contributed by atoms with Crippen molar-refractivity contribution >= 4 is 0 Å². The van der Waals surface area contributed by atoms with Crippen LogP contribution in [0, 0.1) is 0 Å². The third kappa shape index (κ3) is 1.01. The summed E-state index contributed by atoms with van der Waals surface area (Å²) in [6.07, 6.45) is 9.34. The van der Waals surface area contributed by atoms with Gasteiger partial charge < -0.3 is 4.74 Å². The molecule has 1 saturated heterocycles. The van der Waals surface area contributed by atoms with Crippen LogP contribution in [0.2, 0.25) is 0 Å². The van der Waals surface area contributed by atoms with Crippen LogP contribution in [0.15, 0.2) is 42.0 Å². The number of nitrogens with zero attached hydrogens (tertiary/aromatic N) is 1. The molecule has 2 heterocycles. The van der Waals surface area contributed by atoms with Gasteiger partial charge in [0.25, 0.3) is 0 Å². The Bertz CT molecular complexity index is 645. The molecule has 96 valence electrons. The average Bonchev–Trinajstić information content (AvgIpc) is 2.76. The number of rotatable bonds is 0. The van der Waals surface area contributed by atoms with E-state index in [2.05, 4.69) is 48.4 Å². The zero-order valence-corrected chi connectivity index (χ0v) is 11.1. The number of benzene rings is 1. The maximum atomic E-state index is 6.27. The summed E-state index contributed by atoms with van der Waals surface area (Å²) < 4.78 is 6.27. The van der Waals surface area contributed by atoms with E-state index in [0.29, 0.717) is 6.04 Å². The molecule has 2 heteroatoms. The van der Waals surface area contributed by atoms with Crippen molar-refractivity contribution in [2.45, 2.75) is 30.4 Å². The first-order valence-corrected chi connectivity index (χ1v) is 7.19. The van der Waals surface area contributed by atoms with E-state index in [1.54, 1.807) is 5.57 Å². The molecule has 2 nitrogen and oxygen atoms in total. The number of likely N-dealkylation sites (N-methyl/N-ethyl adjacent to an activating group) is 1. The topological polar surface area (TPSA) is 12.5 Å². The van der Waals surface area contributed by atoms with Crippen LogP contribution in [0.3, 0.4) is 0 Å². The van der Waals surface area contributed by atoms with E-state index >= 15 is 0 Å². The minimum atomic E-state index is 0.149. The molecule has 2 aliphatic heterocycles. The summed E-state index contributed by atoms with van der Waals surface area (Å²) in [5, 5.41) is 0. The van der Waals surface area contributed by atoms with Crippen molar-refractivity contribution in [3.05, 3.63) is 53.1 Å². The molecule has 4 aliphatic rings. The Morgan fingerprint density at radius 2 is 2.32 bits per heavy atom. The molecule has 0 amide bonds. The average molecular weight is 251 g/mol. The lowest BCUT2D eigenvalue weighted by molar-refractivity contribution is 0.118. The maximum Gasteiger partial charge on any atom is 0.131 e. The molecule has 0 radical (unpaired) electrons.